The van der Waals surface area contributed by atoms with Gasteiger partial charge in [-0.15, -0.1) is 0 Å². The van der Waals surface area contributed by atoms with E-state index in [1.165, 1.54) is 0 Å². The van der Waals surface area contributed by atoms with Gasteiger partial charge in [0, 0.05) is 13.1 Å². The summed E-state index contributed by atoms with van der Waals surface area (Å²) >= 11 is 0. The molecule has 1 saturated heterocycles. The molecule has 0 radical (unpaired) electrons. The van der Waals surface area contributed by atoms with Crippen molar-refractivity contribution in [2.45, 2.75) is 26.1 Å². The van der Waals surface area contributed by atoms with Crippen molar-refractivity contribution in [3.05, 3.63) is 0 Å². The smallest absolute Gasteiger partial charge is 0.323 e. The van der Waals surface area contributed by atoms with Crippen LogP contribution in [0.2, 0.25) is 0 Å². The number of anilines is 2. The van der Waals surface area contributed by atoms with Gasteiger partial charge in [0.15, 0.2) is 0 Å². The van der Waals surface area contributed by atoms with Gasteiger partial charge < -0.3 is 25.2 Å². The molecule has 1 aliphatic heterocycles. The Morgan fingerprint density at radius 1 is 1.47 bits per heavy atom. The van der Waals surface area contributed by atoms with E-state index in [1.807, 2.05) is 18.7 Å². The number of nitrogens with zero attached hydrogens (tertiary/aromatic N) is 4. The van der Waals surface area contributed by atoms with Crippen LogP contribution in [0.4, 0.5) is 11.9 Å². The summed E-state index contributed by atoms with van der Waals surface area (Å²) in [6.45, 7) is 5.40. The van der Waals surface area contributed by atoms with Gasteiger partial charge in [-0.1, -0.05) is 0 Å². The van der Waals surface area contributed by atoms with Crippen LogP contribution in [0, 0.1) is 0 Å². The van der Waals surface area contributed by atoms with E-state index in [0.717, 1.165) is 0 Å². The molecule has 3 N–H and O–H groups in total. The molecule has 8 heteroatoms. The lowest BCUT2D eigenvalue weighted by Gasteiger charge is -2.32. The number of nitrogen functional groups attached to an aromatic ring is 1. The summed E-state index contributed by atoms with van der Waals surface area (Å²) in [5, 5.41) is 9.13. The first-order valence-electron chi connectivity index (χ1n) is 6.24. The lowest BCUT2D eigenvalue weighted by Crippen LogP contribution is -2.45. The van der Waals surface area contributed by atoms with Crippen molar-refractivity contribution in [3.63, 3.8) is 0 Å². The lowest BCUT2D eigenvalue weighted by atomic mass is 10.3. The van der Waals surface area contributed by atoms with E-state index in [1.54, 1.807) is 0 Å². The van der Waals surface area contributed by atoms with E-state index >= 15 is 0 Å². The normalized spacial score (nSPS) is 19.8. The zero-order valence-electron chi connectivity index (χ0n) is 11.1. The highest BCUT2D eigenvalue weighted by Gasteiger charge is 2.23. The molecule has 19 heavy (non-hydrogen) atoms. The summed E-state index contributed by atoms with van der Waals surface area (Å²) in [6.07, 6.45) is -0.272. The van der Waals surface area contributed by atoms with Crippen molar-refractivity contribution < 1.29 is 14.6 Å². The van der Waals surface area contributed by atoms with Crippen molar-refractivity contribution in [1.82, 2.24) is 15.0 Å². The number of aliphatic hydroxyl groups is 1. The van der Waals surface area contributed by atoms with Gasteiger partial charge in [-0.05, 0) is 13.8 Å². The Bertz CT molecular complexity index is 429. The van der Waals surface area contributed by atoms with Crippen molar-refractivity contribution in [3.8, 4) is 6.01 Å². The molecule has 0 saturated carbocycles. The van der Waals surface area contributed by atoms with E-state index in [-0.39, 0.29) is 30.8 Å². The molecule has 1 aromatic rings. The first-order chi connectivity index (χ1) is 9.08. The number of ether oxygens (including phenoxy) is 2. The molecule has 1 aliphatic rings. The Labute approximate surface area is 111 Å². The minimum atomic E-state index is -0.235. The SMILES string of the molecule is CC(C)Oc1nc(N)nc(N2CCOC(CO)C2)n1. The second kappa shape index (κ2) is 5.98. The first kappa shape index (κ1) is 13.8. The third-order valence-electron chi connectivity index (χ3n) is 2.59. The highest BCUT2D eigenvalue weighted by atomic mass is 16.5. The number of aromatic nitrogens is 3. The van der Waals surface area contributed by atoms with Crippen molar-refractivity contribution in [1.29, 1.82) is 0 Å². The van der Waals surface area contributed by atoms with E-state index in [4.69, 9.17) is 20.3 Å². The topological polar surface area (TPSA) is 107 Å². The van der Waals surface area contributed by atoms with Crippen LogP contribution in [-0.4, -0.2) is 58.6 Å². The number of nitrogens with two attached hydrogens (primary N) is 1. The number of aliphatic hydroxyl groups excluding tert-OH is 1. The van der Waals surface area contributed by atoms with Crippen molar-refractivity contribution >= 4 is 11.9 Å². The fourth-order valence-corrected chi connectivity index (χ4v) is 1.78. The summed E-state index contributed by atoms with van der Waals surface area (Å²) in [5.41, 5.74) is 5.66. The zero-order chi connectivity index (χ0) is 13.8. The van der Waals surface area contributed by atoms with E-state index in [9.17, 15) is 0 Å². The van der Waals surface area contributed by atoms with E-state index in [2.05, 4.69) is 15.0 Å². The predicted molar refractivity (Wildman–Crippen MR) is 69.0 cm³/mol. The fourth-order valence-electron chi connectivity index (χ4n) is 1.78. The Morgan fingerprint density at radius 3 is 2.95 bits per heavy atom. The van der Waals surface area contributed by atoms with Gasteiger partial charge in [0.2, 0.25) is 11.9 Å². The molecular weight excluding hydrogens is 250 g/mol. The summed E-state index contributed by atoms with van der Waals surface area (Å²) in [4.78, 5) is 14.2. The van der Waals surface area contributed by atoms with Gasteiger partial charge in [0.05, 0.1) is 25.4 Å². The third kappa shape index (κ3) is 3.65. The monoisotopic (exact) mass is 269 g/mol. The van der Waals surface area contributed by atoms with E-state index < -0.39 is 0 Å². The second-order valence-electron chi connectivity index (χ2n) is 4.56. The van der Waals surface area contributed by atoms with Crippen LogP contribution in [0.15, 0.2) is 0 Å². The van der Waals surface area contributed by atoms with Crippen molar-refractivity contribution in [2.24, 2.45) is 0 Å². The first-order valence-corrected chi connectivity index (χ1v) is 6.24. The molecule has 106 valence electrons. The Morgan fingerprint density at radius 2 is 2.26 bits per heavy atom. The summed E-state index contributed by atoms with van der Waals surface area (Å²) < 4.78 is 10.8. The minimum Gasteiger partial charge on any atom is -0.461 e. The quantitative estimate of drug-likeness (QED) is 0.749. The van der Waals surface area contributed by atoms with Gasteiger partial charge in [0.25, 0.3) is 0 Å². The molecule has 0 aromatic carbocycles. The van der Waals surface area contributed by atoms with Crippen molar-refractivity contribution in [2.75, 3.05) is 36.9 Å². The minimum absolute atomic E-state index is 0.0353. The molecule has 0 spiro atoms. The Balaban J connectivity index is 2.16. The predicted octanol–water partition coefficient (Wildman–Crippen LogP) is -0.561. The second-order valence-corrected chi connectivity index (χ2v) is 4.56. The van der Waals surface area contributed by atoms with Crippen LogP contribution in [-0.2, 0) is 4.74 Å². The molecule has 0 aliphatic carbocycles. The molecule has 1 unspecified atom stereocenters. The maximum atomic E-state index is 9.13. The summed E-state index contributed by atoms with van der Waals surface area (Å²) in [5.74, 6) is 0.567. The molecule has 0 bridgehead atoms. The summed E-state index contributed by atoms with van der Waals surface area (Å²) in [6, 6.07) is 0.213. The van der Waals surface area contributed by atoms with Gasteiger partial charge in [-0.25, -0.2) is 0 Å². The maximum absolute atomic E-state index is 9.13. The number of hydrogen-bond acceptors (Lipinski definition) is 8. The molecule has 8 nitrogen and oxygen atoms in total. The molecule has 1 atom stereocenters. The number of hydrogen-bond donors (Lipinski definition) is 2. The standard InChI is InChI=1S/C11H19N5O3/c1-7(2)19-11-14-9(12)13-10(15-11)16-3-4-18-8(5-16)6-17/h7-8,17H,3-6H2,1-2H3,(H2,12,13,14,15). The third-order valence-corrected chi connectivity index (χ3v) is 2.59. The highest BCUT2D eigenvalue weighted by molar-refractivity contribution is 5.36. The Kier molecular flexibility index (Phi) is 4.33. The van der Waals surface area contributed by atoms with Crippen LogP contribution in [0.1, 0.15) is 13.8 Å². The average molecular weight is 269 g/mol. The molecule has 2 heterocycles. The van der Waals surface area contributed by atoms with Gasteiger partial charge in [-0.3, -0.25) is 0 Å². The van der Waals surface area contributed by atoms with Crippen LogP contribution in [0.5, 0.6) is 6.01 Å². The largest absolute Gasteiger partial charge is 0.461 e. The van der Waals surface area contributed by atoms with Gasteiger partial charge >= 0.3 is 6.01 Å². The van der Waals surface area contributed by atoms with Crippen LogP contribution in [0.25, 0.3) is 0 Å². The van der Waals surface area contributed by atoms with Gasteiger partial charge in [0.1, 0.15) is 0 Å². The maximum Gasteiger partial charge on any atom is 0.323 e. The number of morpholine rings is 1. The number of rotatable bonds is 4. The molecule has 0 amide bonds. The summed E-state index contributed by atoms with van der Waals surface area (Å²) in [7, 11) is 0. The average Bonchev–Trinajstić information content (AvgIpc) is 2.37. The zero-order valence-corrected chi connectivity index (χ0v) is 11.1. The lowest BCUT2D eigenvalue weighted by molar-refractivity contribution is 0.00309. The Hall–Kier alpha value is -1.67. The molecule has 1 aromatic heterocycles. The van der Waals surface area contributed by atoms with Crippen LogP contribution < -0.4 is 15.4 Å². The fraction of sp³-hybridized carbons (Fsp3) is 0.727. The molecule has 1 fully saturated rings. The van der Waals surface area contributed by atoms with Crippen LogP contribution >= 0.6 is 0 Å². The molecule has 2 rings (SSSR count). The molecular formula is C11H19N5O3. The van der Waals surface area contributed by atoms with E-state index in [0.29, 0.717) is 25.6 Å². The van der Waals surface area contributed by atoms with Gasteiger partial charge in [-0.2, -0.15) is 15.0 Å². The van der Waals surface area contributed by atoms with Crippen LogP contribution in [0.3, 0.4) is 0 Å². The highest BCUT2D eigenvalue weighted by Crippen LogP contribution is 2.17.